The molecule has 104 valence electrons. The van der Waals surface area contributed by atoms with Gasteiger partial charge in [0, 0.05) is 6.54 Å². The Kier molecular flexibility index (Phi) is 5.66. The van der Waals surface area contributed by atoms with Crippen LogP contribution in [0.3, 0.4) is 0 Å². The maximum Gasteiger partial charge on any atom is 0.231 e. The van der Waals surface area contributed by atoms with Crippen molar-refractivity contribution in [2.45, 2.75) is 19.9 Å². The molecule has 0 bridgehead atoms. The summed E-state index contributed by atoms with van der Waals surface area (Å²) in [6.45, 7) is 2.19. The molecule has 0 saturated heterocycles. The number of nitrogens with two attached hydrogens (primary N) is 1. The smallest absolute Gasteiger partial charge is 0.231 e. The molecule has 0 radical (unpaired) electrons. The molecule has 1 atom stereocenters. The van der Waals surface area contributed by atoms with Crippen LogP contribution in [-0.4, -0.2) is 24.1 Å². The Morgan fingerprint density at radius 2 is 2.11 bits per heavy atom. The highest BCUT2D eigenvalue weighted by atomic mass is 16.5. The normalized spacial score (nSPS) is 12.8. The standard InChI is InChI=1S/C13H19N3O3/c1-3-11(12(14)16-18)13(17)15-8-9-4-6-10(19-2)7-5-9/h4-7,11,18H,3,8H2,1-2H3,(H2,14,16)(H,15,17). The number of rotatable bonds is 6. The maximum atomic E-state index is 11.9. The van der Waals surface area contributed by atoms with Gasteiger partial charge in [-0.3, -0.25) is 4.79 Å². The van der Waals surface area contributed by atoms with E-state index in [1.54, 1.807) is 14.0 Å². The summed E-state index contributed by atoms with van der Waals surface area (Å²) in [5.74, 6) is -0.176. The molecule has 1 unspecified atom stereocenters. The predicted molar refractivity (Wildman–Crippen MR) is 72.0 cm³/mol. The van der Waals surface area contributed by atoms with E-state index in [1.807, 2.05) is 24.3 Å². The van der Waals surface area contributed by atoms with Crippen LogP contribution in [0.2, 0.25) is 0 Å². The Bertz CT molecular complexity index is 443. The second-order valence-corrected chi connectivity index (χ2v) is 4.05. The molecule has 0 fully saturated rings. The number of carbonyl (C=O) groups excluding carboxylic acids is 1. The van der Waals surface area contributed by atoms with Gasteiger partial charge in [0.2, 0.25) is 5.91 Å². The van der Waals surface area contributed by atoms with Crippen molar-refractivity contribution in [2.24, 2.45) is 16.8 Å². The summed E-state index contributed by atoms with van der Waals surface area (Å²) in [4.78, 5) is 11.9. The fourth-order valence-corrected chi connectivity index (χ4v) is 1.65. The van der Waals surface area contributed by atoms with E-state index >= 15 is 0 Å². The molecule has 4 N–H and O–H groups in total. The number of nitrogens with one attached hydrogen (secondary N) is 1. The fraction of sp³-hybridized carbons (Fsp3) is 0.385. The molecule has 6 nitrogen and oxygen atoms in total. The summed E-state index contributed by atoms with van der Waals surface area (Å²) in [6.07, 6.45) is 0.477. The molecule has 1 amide bonds. The van der Waals surface area contributed by atoms with Gasteiger partial charge in [-0.1, -0.05) is 24.2 Å². The van der Waals surface area contributed by atoms with Gasteiger partial charge in [0.1, 0.15) is 5.75 Å². The van der Waals surface area contributed by atoms with Crippen LogP contribution in [0.4, 0.5) is 0 Å². The summed E-state index contributed by atoms with van der Waals surface area (Å²) in [7, 11) is 1.60. The van der Waals surface area contributed by atoms with Crippen LogP contribution < -0.4 is 15.8 Å². The second-order valence-electron chi connectivity index (χ2n) is 4.05. The summed E-state index contributed by atoms with van der Waals surface area (Å²) in [5, 5.41) is 14.2. The minimum Gasteiger partial charge on any atom is -0.497 e. The van der Waals surface area contributed by atoms with Crippen LogP contribution in [0.5, 0.6) is 5.75 Å². The zero-order valence-corrected chi connectivity index (χ0v) is 11.1. The van der Waals surface area contributed by atoms with Gasteiger partial charge in [0.25, 0.3) is 0 Å². The lowest BCUT2D eigenvalue weighted by Gasteiger charge is -2.13. The summed E-state index contributed by atoms with van der Waals surface area (Å²) >= 11 is 0. The number of hydrogen-bond donors (Lipinski definition) is 3. The summed E-state index contributed by atoms with van der Waals surface area (Å²) in [5.41, 5.74) is 6.41. The summed E-state index contributed by atoms with van der Waals surface area (Å²) in [6, 6.07) is 7.37. The number of hydrogen-bond acceptors (Lipinski definition) is 4. The zero-order valence-electron chi connectivity index (χ0n) is 11.1. The van der Waals surface area contributed by atoms with Gasteiger partial charge in [0.15, 0.2) is 5.84 Å². The Hall–Kier alpha value is -2.24. The molecule has 1 aromatic rings. The fourth-order valence-electron chi connectivity index (χ4n) is 1.65. The lowest BCUT2D eigenvalue weighted by Crippen LogP contribution is -2.38. The maximum absolute atomic E-state index is 11.9. The molecule has 0 heterocycles. The highest BCUT2D eigenvalue weighted by Gasteiger charge is 2.20. The first-order valence-electron chi connectivity index (χ1n) is 6.00. The Morgan fingerprint density at radius 1 is 1.47 bits per heavy atom. The molecule has 6 heteroatoms. The number of amidine groups is 1. The SMILES string of the molecule is CCC(C(=O)NCc1ccc(OC)cc1)C(N)=NO. The van der Waals surface area contributed by atoms with Crippen molar-refractivity contribution in [3.63, 3.8) is 0 Å². The quantitative estimate of drug-likeness (QED) is 0.310. The zero-order chi connectivity index (χ0) is 14.3. The van der Waals surface area contributed by atoms with Crippen LogP contribution in [0.25, 0.3) is 0 Å². The van der Waals surface area contributed by atoms with Gasteiger partial charge in [-0.05, 0) is 24.1 Å². The first-order valence-corrected chi connectivity index (χ1v) is 6.00. The van der Waals surface area contributed by atoms with E-state index in [0.717, 1.165) is 11.3 Å². The molecule has 19 heavy (non-hydrogen) atoms. The highest BCUT2D eigenvalue weighted by molar-refractivity contribution is 6.01. The van der Waals surface area contributed by atoms with Gasteiger partial charge < -0.3 is 21.0 Å². The minimum atomic E-state index is -0.608. The number of oxime groups is 1. The van der Waals surface area contributed by atoms with Crippen molar-refractivity contribution in [2.75, 3.05) is 7.11 Å². The first-order chi connectivity index (χ1) is 9.12. The van der Waals surface area contributed by atoms with Crippen LogP contribution in [0.1, 0.15) is 18.9 Å². The Morgan fingerprint density at radius 3 is 2.58 bits per heavy atom. The lowest BCUT2D eigenvalue weighted by molar-refractivity contribution is -0.123. The molecule has 0 spiro atoms. The predicted octanol–water partition coefficient (Wildman–Crippen LogP) is 1.08. The van der Waals surface area contributed by atoms with Gasteiger partial charge in [-0.2, -0.15) is 0 Å². The summed E-state index contributed by atoms with van der Waals surface area (Å²) < 4.78 is 5.05. The van der Waals surface area contributed by atoms with E-state index < -0.39 is 5.92 Å². The lowest BCUT2D eigenvalue weighted by atomic mass is 10.0. The van der Waals surface area contributed by atoms with Crippen molar-refractivity contribution in [3.8, 4) is 5.75 Å². The number of ether oxygens (including phenoxy) is 1. The van der Waals surface area contributed by atoms with E-state index in [-0.39, 0.29) is 11.7 Å². The van der Waals surface area contributed by atoms with Crippen molar-refractivity contribution in [3.05, 3.63) is 29.8 Å². The topological polar surface area (TPSA) is 96.9 Å². The molecular formula is C13H19N3O3. The number of amides is 1. The average Bonchev–Trinajstić information content (AvgIpc) is 2.46. The number of nitrogens with zero attached hydrogens (tertiary/aromatic N) is 1. The second kappa shape index (κ2) is 7.25. The molecule has 0 aliphatic carbocycles. The van der Waals surface area contributed by atoms with E-state index in [2.05, 4.69) is 10.5 Å². The van der Waals surface area contributed by atoms with Gasteiger partial charge in [0.05, 0.1) is 13.0 Å². The van der Waals surface area contributed by atoms with Crippen LogP contribution in [0, 0.1) is 5.92 Å². The number of carbonyl (C=O) groups is 1. The number of benzene rings is 1. The molecule has 0 aromatic heterocycles. The van der Waals surface area contributed by atoms with Crippen LogP contribution in [0.15, 0.2) is 29.4 Å². The highest BCUT2D eigenvalue weighted by Crippen LogP contribution is 2.11. The van der Waals surface area contributed by atoms with E-state index in [1.165, 1.54) is 0 Å². The third kappa shape index (κ3) is 4.17. The van der Waals surface area contributed by atoms with E-state index in [9.17, 15) is 4.79 Å². The Labute approximate surface area is 112 Å². The average molecular weight is 265 g/mol. The molecule has 1 aromatic carbocycles. The largest absolute Gasteiger partial charge is 0.497 e. The van der Waals surface area contributed by atoms with Crippen molar-refractivity contribution >= 4 is 11.7 Å². The molecule has 0 saturated carbocycles. The minimum absolute atomic E-state index is 0.0743. The number of methoxy groups -OCH3 is 1. The third-order valence-corrected chi connectivity index (χ3v) is 2.82. The van der Waals surface area contributed by atoms with E-state index in [4.69, 9.17) is 15.7 Å². The molecule has 1 rings (SSSR count). The molecule has 0 aliphatic rings. The van der Waals surface area contributed by atoms with Gasteiger partial charge in [-0.15, -0.1) is 0 Å². The first kappa shape index (κ1) is 14.8. The monoisotopic (exact) mass is 265 g/mol. The van der Waals surface area contributed by atoms with Crippen molar-refractivity contribution < 1.29 is 14.7 Å². The Balaban J connectivity index is 2.57. The third-order valence-electron chi connectivity index (χ3n) is 2.82. The van der Waals surface area contributed by atoms with Crippen molar-refractivity contribution in [1.82, 2.24) is 5.32 Å². The van der Waals surface area contributed by atoms with Crippen LogP contribution in [-0.2, 0) is 11.3 Å². The van der Waals surface area contributed by atoms with Gasteiger partial charge >= 0.3 is 0 Å². The van der Waals surface area contributed by atoms with Gasteiger partial charge in [-0.25, -0.2) is 0 Å². The van der Waals surface area contributed by atoms with Crippen molar-refractivity contribution in [1.29, 1.82) is 0 Å². The molecule has 0 aliphatic heterocycles. The molecular weight excluding hydrogens is 246 g/mol. The van der Waals surface area contributed by atoms with E-state index in [0.29, 0.717) is 13.0 Å². The van der Waals surface area contributed by atoms with Crippen LogP contribution >= 0.6 is 0 Å².